The van der Waals surface area contributed by atoms with Gasteiger partial charge in [0.25, 0.3) is 0 Å². The van der Waals surface area contributed by atoms with Crippen LogP contribution in [0.2, 0.25) is 0 Å². The van der Waals surface area contributed by atoms with Crippen LogP contribution >= 0.6 is 0 Å². The monoisotopic (exact) mass is 320 g/mol. The molecule has 1 N–H and O–H groups in total. The van der Waals surface area contributed by atoms with Crippen LogP contribution in [0, 0.1) is 5.92 Å². The summed E-state index contributed by atoms with van der Waals surface area (Å²) in [6, 6.07) is 4.04. The first-order valence-corrected chi connectivity index (χ1v) is 8.42. The Kier molecular flexibility index (Phi) is 7.13. The summed E-state index contributed by atoms with van der Waals surface area (Å²) in [6.45, 7) is 9.63. The van der Waals surface area contributed by atoms with Crippen molar-refractivity contribution in [3.8, 4) is 0 Å². The van der Waals surface area contributed by atoms with Gasteiger partial charge in [0.15, 0.2) is 0 Å². The number of anilines is 1. The van der Waals surface area contributed by atoms with Crippen molar-refractivity contribution in [2.45, 2.75) is 20.3 Å². The van der Waals surface area contributed by atoms with Crippen LogP contribution in [0.15, 0.2) is 24.5 Å². The highest BCUT2D eigenvalue weighted by Crippen LogP contribution is 2.14. The summed E-state index contributed by atoms with van der Waals surface area (Å²) in [5.74, 6) is 0.557. The Morgan fingerprint density at radius 1 is 1.26 bits per heavy atom. The second-order valence-corrected chi connectivity index (χ2v) is 6.23. The van der Waals surface area contributed by atoms with Crippen molar-refractivity contribution in [3.63, 3.8) is 0 Å². The number of aromatic nitrogens is 1. The molecule has 1 aromatic heterocycles. The lowest BCUT2D eigenvalue weighted by Crippen LogP contribution is -2.52. The van der Waals surface area contributed by atoms with E-state index in [1.807, 2.05) is 17.0 Å². The molecule has 6 heteroatoms. The van der Waals surface area contributed by atoms with Gasteiger partial charge in [0.1, 0.15) is 0 Å². The molecule has 0 bridgehead atoms. The van der Waals surface area contributed by atoms with E-state index in [2.05, 4.69) is 29.0 Å². The standard InChI is InChI=1S/C17H28N4O2/c1-15(2)14-23-13-3-6-19-17(22)21-11-9-20(10-12-21)16-4-7-18-8-5-16/h4-5,7-8,15H,3,6,9-14H2,1-2H3,(H,19,22). The number of urea groups is 1. The van der Waals surface area contributed by atoms with Crippen molar-refractivity contribution in [2.75, 3.05) is 50.8 Å². The van der Waals surface area contributed by atoms with Crippen LogP contribution in [0.25, 0.3) is 0 Å². The van der Waals surface area contributed by atoms with Crippen LogP contribution in [0.5, 0.6) is 0 Å². The topological polar surface area (TPSA) is 57.7 Å². The fourth-order valence-electron chi connectivity index (χ4n) is 2.52. The average Bonchev–Trinajstić information content (AvgIpc) is 2.58. The molecule has 0 aromatic carbocycles. The van der Waals surface area contributed by atoms with E-state index in [9.17, 15) is 4.79 Å². The molecular formula is C17H28N4O2. The van der Waals surface area contributed by atoms with Crippen LogP contribution in [-0.2, 0) is 4.74 Å². The third-order valence-corrected chi connectivity index (χ3v) is 3.79. The highest BCUT2D eigenvalue weighted by atomic mass is 16.5. The molecule has 0 unspecified atom stereocenters. The van der Waals surface area contributed by atoms with Gasteiger partial charge in [0.2, 0.25) is 0 Å². The zero-order valence-electron chi connectivity index (χ0n) is 14.2. The third kappa shape index (κ3) is 6.06. The first kappa shape index (κ1) is 17.5. The van der Waals surface area contributed by atoms with Gasteiger partial charge in [0, 0.05) is 64.0 Å². The minimum absolute atomic E-state index is 0.0308. The van der Waals surface area contributed by atoms with Crippen LogP contribution < -0.4 is 10.2 Å². The molecule has 0 saturated carbocycles. The van der Waals surface area contributed by atoms with Gasteiger partial charge in [-0.05, 0) is 24.5 Å². The number of nitrogens with one attached hydrogen (secondary N) is 1. The fourth-order valence-corrected chi connectivity index (χ4v) is 2.52. The number of carbonyl (C=O) groups is 1. The molecule has 0 spiro atoms. The summed E-state index contributed by atoms with van der Waals surface area (Å²) >= 11 is 0. The van der Waals surface area contributed by atoms with E-state index in [0.717, 1.165) is 39.2 Å². The number of carbonyl (C=O) groups excluding carboxylic acids is 1. The number of hydrogen-bond acceptors (Lipinski definition) is 4. The number of rotatable bonds is 7. The fraction of sp³-hybridized carbons (Fsp3) is 0.647. The molecule has 1 aliphatic heterocycles. The van der Waals surface area contributed by atoms with Crippen LogP contribution in [-0.4, -0.2) is 61.9 Å². The van der Waals surface area contributed by atoms with Crippen LogP contribution in [0.3, 0.4) is 0 Å². The lowest BCUT2D eigenvalue weighted by Gasteiger charge is -2.36. The quantitative estimate of drug-likeness (QED) is 0.781. The molecule has 0 radical (unpaired) electrons. The lowest BCUT2D eigenvalue weighted by molar-refractivity contribution is 0.107. The van der Waals surface area contributed by atoms with Gasteiger partial charge < -0.3 is 19.9 Å². The van der Waals surface area contributed by atoms with Crippen molar-refractivity contribution in [1.82, 2.24) is 15.2 Å². The molecule has 2 rings (SSSR count). The molecule has 1 aliphatic rings. The van der Waals surface area contributed by atoms with Gasteiger partial charge in [0.05, 0.1) is 0 Å². The number of pyridine rings is 1. The molecule has 0 aliphatic carbocycles. The van der Waals surface area contributed by atoms with E-state index in [1.165, 1.54) is 5.69 Å². The van der Waals surface area contributed by atoms with Gasteiger partial charge in [-0.1, -0.05) is 13.8 Å². The maximum atomic E-state index is 12.1. The minimum Gasteiger partial charge on any atom is -0.381 e. The molecule has 6 nitrogen and oxygen atoms in total. The van der Waals surface area contributed by atoms with E-state index in [-0.39, 0.29) is 6.03 Å². The molecule has 0 atom stereocenters. The zero-order valence-corrected chi connectivity index (χ0v) is 14.2. The third-order valence-electron chi connectivity index (χ3n) is 3.79. The van der Waals surface area contributed by atoms with Crippen molar-refractivity contribution in [3.05, 3.63) is 24.5 Å². The SMILES string of the molecule is CC(C)COCCCNC(=O)N1CCN(c2ccncc2)CC1. The average molecular weight is 320 g/mol. The summed E-state index contributed by atoms with van der Waals surface area (Å²) in [7, 11) is 0. The lowest BCUT2D eigenvalue weighted by atomic mass is 10.2. The van der Waals surface area contributed by atoms with E-state index in [0.29, 0.717) is 19.1 Å². The highest BCUT2D eigenvalue weighted by Gasteiger charge is 2.20. The van der Waals surface area contributed by atoms with Crippen molar-refractivity contribution in [1.29, 1.82) is 0 Å². The molecule has 23 heavy (non-hydrogen) atoms. The number of nitrogens with zero attached hydrogens (tertiary/aromatic N) is 3. The predicted octanol–water partition coefficient (Wildman–Crippen LogP) is 1.98. The smallest absolute Gasteiger partial charge is 0.317 e. The van der Waals surface area contributed by atoms with Crippen molar-refractivity contribution >= 4 is 11.7 Å². The second-order valence-electron chi connectivity index (χ2n) is 6.23. The Morgan fingerprint density at radius 3 is 2.61 bits per heavy atom. The van der Waals surface area contributed by atoms with Crippen LogP contribution in [0.4, 0.5) is 10.5 Å². The summed E-state index contributed by atoms with van der Waals surface area (Å²) in [5.41, 5.74) is 1.17. The molecule has 1 fully saturated rings. The van der Waals surface area contributed by atoms with Gasteiger partial charge in [-0.2, -0.15) is 0 Å². The number of amides is 2. The molecule has 128 valence electrons. The maximum absolute atomic E-state index is 12.1. The number of ether oxygens (including phenoxy) is 1. The number of hydrogen-bond donors (Lipinski definition) is 1. The van der Waals surface area contributed by atoms with Crippen LogP contribution in [0.1, 0.15) is 20.3 Å². The molecule has 2 heterocycles. The highest BCUT2D eigenvalue weighted by molar-refractivity contribution is 5.74. The van der Waals surface area contributed by atoms with Gasteiger partial charge in [-0.3, -0.25) is 4.98 Å². The molecule has 2 amide bonds. The normalized spacial score (nSPS) is 15.1. The zero-order chi connectivity index (χ0) is 16.5. The Balaban J connectivity index is 1.60. The van der Waals surface area contributed by atoms with E-state index in [4.69, 9.17) is 4.74 Å². The van der Waals surface area contributed by atoms with Crippen molar-refractivity contribution in [2.24, 2.45) is 5.92 Å². The number of piperazine rings is 1. The van der Waals surface area contributed by atoms with Gasteiger partial charge >= 0.3 is 6.03 Å². The molecule has 1 aromatic rings. The van der Waals surface area contributed by atoms with E-state index < -0.39 is 0 Å². The first-order valence-electron chi connectivity index (χ1n) is 8.42. The minimum atomic E-state index is 0.0308. The maximum Gasteiger partial charge on any atom is 0.317 e. The Hall–Kier alpha value is -1.82. The molecular weight excluding hydrogens is 292 g/mol. The summed E-state index contributed by atoms with van der Waals surface area (Å²) in [4.78, 5) is 20.3. The Bertz CT molecular complexity index is 459. The molecule has 1 saturated heterocycles. The second kappa shape index (κ2) is 9.35. The first-order chi connectivity index (χ1) is 11.2. The summed E-state index contributed by atoms with van der Waals surface area (Å²) < 4.78 is 5.51. The Morgan fingerprint density at radius 2 is 1.96 bits per heavy atom. The van der Waals surface area contributed by atoms with E-state index >= 15 is 0 Å². The van der Waals surface area contributed by atoms with E-state index in [1.54, 1.807) is 12.4 Å². The largest absolute Gasteiger partial charge is 0.381 e. The Labute approximate surface area is 138 Å². The van der Waals surface area contributed by atoms with Gasteiger partial charge in [-0.15, -0.1) is 0 Å². The van der Waals surface area contributed by atoms with Crippen molar-refractivity contribution < 1.29 is 9.53 Å². The predicted molar refractivity (Wildman–Crippen MR) is 91.7 cm³/mol. The summed E-state index contributed by atoms with van der Waals surface area (Å²) in [6.07, 6.45) is 4.46. The summed E-state index contributed by atoms with van der Waals surface area (Å²) in [5, 5.41) is 2.97. The van der Waals surface area contributed by atoms with Gasteiger partial charge in [-0.25, -0.2) is 4.79 Å².